The van der Waals surface area contributed by atoms with Gasteiger partial charge in [-0.15, -0.1) is 0 Å². The summed E-state index contributed by atoms with van der Waals surface area (Å²) in [6.07, 6.45) is 0.937. The van der Waals surface area contributed by atoms with Gasteiger partial charge in [0.1, 0.15) is 16.8 Å². The Kier molecular flexibility index (Phi) is 4.66. The van der Waals surface area contributed by atoms with Crippen LogP contribution in [-0.2, 0) is 9.84 Å². The molecular weight excluding hydrogens is 382 g/mol. The first-order chi connectivity index (χ1) is 12.3. The Hall–Kier alpha value is -2.91. The number of benzene rings is 2. The van der Waals surface area contributed by atoms with E-state index in [-0.39, 0.29) is 21.2 Å². The van der Waals surface area contributed by atoms with Crippen LogP contribution in [0.3, 0.4) is 0 Å². The molecule has 134 valence electrons. The van der Waals surface area contributed by atoms with Crippen LogP contribution in [-0.4, -0.2) is 30.3 Å². The van der Waals surface area contributed by atoms with Crippen molar-refractivity contribution in [2.45, 2.75) is 9.79 Å². The number of hydrogen-bond donors (Lipinski definition) is 1. The number of H-pyrrole nitrogens is 1. The topological polar surface area (TPSA) is 111 Å². The van der Waals surface area contributed by atoms with E-state index >= 15 is 0 Å². The third-order valence-electron chi connectivity index (χ3n) is 3.52. The number of hydrogen-bond acceptors (Lipinski definition) is 6. The molecule has 0 saturated carbocycles. The van der Waals surface area contributed by atoms with Gasteiger partial charge >= 0.3 is 5.69 Å². The molecule has 8 nitrogen and oxygen atoms in total. The normalized spacial score (nSPS) is 11.3. The van der Waals surface area contributed by atoms with Crippen LogP contribution in [0.5, 0.6) is 5.75 Å². The highest BCUT2D eigenvalue weighted by atomic mass is 35.5. The second-order valence-electron chi connectivity index (χ2n) is 5.14. The lowest BCUT2D eigenvalue weighted by atomic mass is 10.3. The predicted molar refractivity (Wildman–Crippen MR) is 93.9 cm³/mol. The van der Waals surface area contributed by atoms with Crippen molar-refractivity contribution >= 4 is 21.4 Å². The summed E-state index contributed by atoms with van der Waals surface area (Å²) in [5, 5.41) is 4.14. The van der Waals surface area contributed by atoms with E-state index in [0.29, 0.717) is 5.02 Å². The van der Waals surface area contributed by atoms with Gasteiger partial charge in [-0.1, -0.05) is 11.6 Å². The zero-order chi connectivity index (χ0) is 18.9. The Morgan fingerprint density at radius 1 is 1.12 bits per heavy atom. The molecule has 3 aromatic rings. The molecule has 3 rings (SSSR count). The van der Waals surface area contributed by atoms with E-state index < -0.39 is 21.1 Å². The molecule has 2 aromatic carbocycles. The zero-order valence-corrected chi connectivity index (χ0v) is 14.9. The van der Waals surface area contributed by atoms with Crippen molar-refractivity contribution in [1.82, 2.24) is 14.8 Å². The second kappa shape index (κ2) is 6.77. The first kappa shape index (κ1) is 17.9. The van der Waals surface area contributed by atoms with Crippen LogP contribution in [0, 0.1) is 0 Å². The van der Waals surface area contributed by atoms with Gasteiger partial charge in [0.15, 0.2) is 0 Å². The van der Waals surface area contributed by atoms with Gasteiger partial charge in [0.25, 0.3) is 5.56 Å². The van der Waals surface area contributed by atoms with E-state index in [2.05, 4.69) is 10.1 Å². The van der Waals surface area contributed by atoms with E-state index in [0.717, 1.165) is 10.9 Å². The molecule has 0 unspecified atom stereocenters. The third kappa shape index (κ3) is 3.26. The van der Waals surface area contributed by atoms with Crippen LogP contribution >= 0.6 is 11.6 Å². The molecule has 0 fully saturated rings. The highest BCUT2D eigenvalue weighted by molar-refractivity contribution is 7.91. The molecule has 0 amide bonds. The van der Waals surface area contributed by atoms with Gasteiger partial charge in [-0.2, -0.15) is 9.78 Å². The summed E-state index contributed by atoms with van der Waals surface area (Å²) >= 11 is 5.80. The van der Waals surface area contributed by atoms with Crippen molar-refractivity contribution in [3.8, 4) is 11.4 Å². The largest absolute Gasteiger partial charge is 0.495 e. The molecule has 0 atom stereocenters. The lowest BCUT2D eigenvalue weighted by Crippen LogP contribution is -2.30. The molecule has 1 heterocycles. The summed E-state index contributed by atoms with van der Waals surface area (Å²) < 4.78 is 31.8. The van der Waals surface area contributed by atoms with Crippen molar-refractivity contribution in [3.63, 3.8) is 0 Å². The summed E-state index contributed by atoms with van der Waals surface area (Å²) in [6, 6.07) is 9.75. The van der Waals surface area contributed by atoms with Crippen molar-refractivity contribution in [3.05, 3.63) is 74.5 Å². The van der Waals surface area contributed by atoms with Gasteiger partial charge in [-0.25, -0.2) is 13.2 Å². The van der Waals surface area contributed by atoms with Gasteiger partial charge < -0.3 is 4.74 Å². The van der Waals surface area contributed by atoms with Gasteiger partial charge in [0.05, 0.1) is 17.7 Å². The second-order valence-corrected chi connectivity index (χ2v) is 7.50. The molecule has 0 radical (unpaired) electrons. The maximum Gasteiger partial charge on any atom is 0.349 e. The molecule has 10 heteroatoms. The molecule has 0 saturated heterocycles. The SMILES string of the molecule is COc1cc(-n2ncc(=O)[nH]c2=O)ccc1S(=O)(=O)c1ccc(Cl)cc1. The monoisotopic (exact) mass is 393 g/mol. The maximum absolute atomic E-state index is 12.8. The van der Waals surface area contributed by atoms with Crippen LogP contribution in [0.15, 0.2) is 68.0 Å². The van der Waals surface area contributed by atoms with Crippen LogP contribution in [0.2, 0.25) is 5.02 Å². The number of rotatable bonds is 4. The summed E-state index contributed by atoms with van der Waals surface area (Å²) in [5.41, 5.74) is -1.16. The fourth-order valence-corrected chi connectivity index (χ4v) is 3.82. The summed E-state index contributed by atoms with van der Waals surface area (Å²) in [5.74, 6) is 0.0253. The quantitative estimate of drug-likeness (QED) is 0.717. The number of nitrogens with one attached hydrogen (secondary N) is 1. The lowest BCUT2D eigenvalue weighted by Gasteiger charge is -2.12. The average Bonchev–Trinajstić information content (AvgIpc) is 2.61. The van der Waals surface area contributed by atoms with E-state index in [4.69, 9.17) is 16.3 Å². The number of nitrogens with zero attached hydrogens (tertiary/aromatic N) is 2. The van der Waals surface area contributed by atoms with Crippen molar-refractivity contribution in [2.24, 2.45) is 0 Å². The van der Waals surface area contributed by atoms with Crippen molar-refractivity contribution in [1.29, 1.82) is 0 Å². The predicted octanol–water partition coefficient (Wildman–Crippen LogP) is 1.42. The third-order valence-corrected chi connectivity index (χ3v) is 5.58. The minimum Gasteiger partial charge on any atom is -0.495 e. The Morgan fingerprint density at radius 3 is 2.42 bits per heavy atom. The number of methoxy groups -OCH3 is 1. The van der Waals surface area contributed by atoms with Crippen LogP contribution in [0.4, 0.5) is 0 Å². The highest BCUT2D eigenvalue weighted by Gasteiger charge is 2.23. The summed E-state index contributed by atoms with van der Waals surface area (Å²) in [7, 11) is -2.55. The molecule has 1 N–H and O–H groups in total. The number of sulfone groups is 1. The number of aromatic nitrogens is 3. The van der Waals surface area contributed by atoms with Crippen LogP contribution < -0.4 is 16.0 Å². The maximum atomic E-state index is 12.8. The van der Waals surface area contributed by atoms with E-state index in [1.54, 1.807) is 0 Å². The van der Waals surface area contributed by atoms with E-state index in [9.17, 15) is 18.0 Å². The fraction of sp³-hybridized carbons (Fsp3) is 0.0625. The van der Waals surface area contributed by atoms with Gasteiger partial charge in [-0.05, 0) is 36.4 Å². The number of halogens is 1. The number of aromatic amines is 1. The molecule has 26 heavy (non-hydrogen) atoms. The minimum atomic E-state index is -3.86. The highest BCUT2D eigenvalue weighted by Crippen LogP contribution is 2.31. The minimum absolute atomic E-state index is 0.0253. The Bertz CT molecular complexity index is 1180. The molecular formula is C16H12ClN3O5S. The van der Waals surface area contributed by atoms with Gasteiger partial charge in [0.2, 0.25) is 9.84 Å². The number of ether oxygens (including phenoxy) is 1. The zero-order valence-electron chi connectivity index (χ0n) is 13.3. The molecule has 0 aliphatic heterocycles. The van der Waals surface area contributed by atoms with Crippen LogP contribution in [0.1, 0.15) is 0 Å². The molecule has 0 bridgehead atoms. The lowest BCUT2D eigenvalue weighted by molar-refractivity contribution is 0.402. The Morgan fingerprint density at radius 2 is 1.81 bits per heavy atom. The average molecular weight is 394 g/mol. The van der Waals surface area contributed by atoms with E-state index in [1.165, 1.54) is 49.6 Å². The van der Waals surface area contributed by atoms with Gasteiger partial charge in [0, 0.05) is 11.1 Å². The summed E-state index contributed by atoms with van der Waals surface area (Å²) in [4.78, 5) is 25.0. The first-order valence-electron chi connectivity index (χ1n) is 7.20. The Labute approximate surface area is 152 Å². The first-order valence-corrected chi connectivity index (χ1v) is 9.07. The molecule has 1 aromatic heterocycles. The standard InChI is InChI=1S/C16H12ClN3O5S/c1-25-13-8-11(20-16(22)19-15(21)9-18-20)4-7-14(13)26(23,24)12-5-2-10(17)3-6-12/h2-9H,1H3,(H,19,21,22). The van der Waals surface area contributed by atoms with Crippen LogP contribution in [0.25, 0.3) is 5.69 Å². The smallest absolute Gasteiger partial charge is 0.349 e. The fourth-order valence-electron chi connectivity index (χ4n) is 2.29. The van der Waals surface area contributed by atoms with Gasteiger partial charge in [-0.3, -0.25) is 9.78 Å². The molecule has 0 aliphatic carbocycles. The molecule has 0 aliphatic rings. The Balaban J connectivity index is 2.14. The van der Waals surface area contributed by atoms with Crippen molar-refractivity contribution in [2.75, 3.05) is 7.11 Å². The van der Waals surface area contributed by atoms with E-state index in [1.807, 2.05) is 0 Å². The molecule has 0 spiro atoms. The van der Waals surface area contributed by atoms with Crippen molar-refractivity contribution < 1.29 is 13.2 Å². The summed E-state index contributed by atoms with van der Waals surface area (Å²) in [6.45, 7) is 0.